The molecule has 0 saturated carbocycles. The van der Waals surface area contributed by atoms with Crippen molar-refractivity contribution in [3.05, 3.63) is 65.9 Å². The maximum atomic E-state index is 13.5. The van der Waals surface area contributed by atoms with Crippen LogP contribution in [0.4, 0.5) is 17.2 Å². The summed E-state index contributed by atoms with van der Waals surface area (Å²) < 4.78 is 12.1. The van der Waals surface area contributed by atoms with E-state index in [1.54, 1.807) is 37.5 Å². The molecule has 0 aliphatic carbocycles. The first-order valence-electron chi connectivity index (χ1n) is 14.7. The van der Waals surface area contributed by atoms with Crippen LogP contribution in [-0.2, 0) is 0 Å². The Morgan fingerprint density at radius 2 is 1.76 bits per heavy atom. The summed E-state index contributed by atoms with van der Waals surface area (Å²) >= 11 is 0. The zero-order valence-electron chi connectivity index (χ0n) is 24.5. The van der Waals surface area contributed by atoms with Crippen molar-refractivity contribution >= 4 is 29.0 Å². The van der Waals surface area contributed by atoms with Gasteiger partial charge in [0.05, 0.1) is 24.1 Å². The third-order valence-corrected chi connectivity index (χ3v) is 8.45. The zero-order chi connectivity index (χ0) is 29.2. The Morgan fingerprint density at radius 3 is 2.52 bits per heavy atom. The number of hydrogen-bond acceptors (Lipinski definition) is 8. The molecule has 0 atom stereocenters. The van der Waals surface area contributed by atoms with E-state index in [2.05, 4.69) is 27.1 Å². The molecule has 2 aromatic carbocycles. The van der Waals surface area contributed by atoms with Crippen molar-refractivity contribution in [2.75, 3.05) is 70.2 Å². The van der Waals surface area contributed by atoms with Gasteiger partial charge in [0.15, 0.2) is 5.75 Å². The van der Waals surface area contributed by atoms with E-state index in [-0.39, 0.29) is 11.8 Å². The van der Waals surface area contributed by atoms with Crippen LogP contribution in [-0.4, -0.2) is 97.5 Å². The number of carbonyl (C=O) groups excluding carboxylic acids is 2. The van der Waals surface area contributed by atoms with E-state index >= 15 is 0 Å². The van der Waals surface area contributed by atoms with E-state index in [4.69, 9.17) is 9.47 Å². The molecule has 3 aromatic rings. The quantitative estimate of drug-likeness (QED) is 0.465. The maximum Gasteiger partial charge on any atom is 0.261 e. The fraction of sp³-hybridized carbons (Fsp3) is 0.406. The highest BCUT2D eigenvalue weighted by Crippen LogP contribution is 2.40. The number of nitrogens with one attached hydrogen (secondary N) is 1. The van der Waals surface area contributed by atoms with Crippen molar-refractivity contribution in [1.82, 2.24) is 19.7 Å². The van der Waals surface area contributed by atoms with Crippen molar-refractivity contribution in [3.63, 3.8) is 0 Å². The molecule has 220 valence electrons. The molecule has 0 unspecified atom stereocenters. The van der Waals surface area contributed by atoms with Gasteiger partial charge in [-0.2, -0.15) is 0 Å². The number of hydrogen-bond donors (Lipinski definition) is 1. The molecule has 0 radical (unpaired) electrons. The van der Waals surface area contributed by atoms with Gasteiger partial charge in [-0.15, -0.1) is 0 Å². The van der Waals surface area contributed by atoms with Crippen LogP contribution in [0.25, 0.3) is 0 Å². The highest BCUT2D eigenvalue weighted by Gasteiger charge is 2.29. The summed E-state index contributed by atoms with van der Waals surface area (Å²) in [6.45, 7) is 7.94. The van der Waals surface area contributed by atoms with E-state index in [0.717, 1.165) is 39.3 Å². The van der Waals surface area contributed by atoms with Crippen molar-refractivity contribution in [3.8, 4) is 17.2 Å². The molecule has 2 fully saturated rings. The van der Waals surface area contributed by atoms with Gasteiger partial charge in [-0.1, -0.05) is 12.1 Å². The summed E-state index contributed by atoms with van der Waals surface area (Å²) in [6.07, 6.45) is 4.01. The van der Waals surface area contributed by atoms with Crippen LogP contribution in [0.1, 0.15) is 40.5 Å². The number of pyridine rings is 1. The number of ether oxygens (including phenoxy) is 2. The van der Waals surface area contributed by atoms with Crippen LogP contribution in [0.5, 0.6) is 17.2 Å². The number of anilines is 3. The second kappa shape index (κ2) is 12.0. The predicted octanol–water partition coefficient (Wildman–Crippen LogP) is 4.46. The van der Waals surface area contributed by atoms with Crippen LogP contribution in [0, 0.1) is 0 Å². The minimum atomic E-state index is -0.158. The molecule has 2 saturated heterocycles. The lowest BCUT2D eigenvalue weighted by atomic mass is 10.0. The molecule has 1 N–H and O–H groups in total. The molecule has 0 bridgehead atoms. The molecule has 10 nitrogen and oxygen atoms in total. The largest absolute Gasteiger partial charge is 0.492 e. The molecule has 2 amide bonds. The number of fused-ring (bicyclic) bond motifs is 2. The molecule has 3 aliphatic rings. The third-order valence-electron chi connectivity index (χ3n) is 8.45. The molecule has 1 aromatic heterocycles. The van der Waals surface area contributed by atoms with Gasteiger partial charge in [0.1, 0.15) is 23.0 Å². The molecular weight excluding hydrogens is 532 g/mol. The predicted molar refractivity (Wildman–Crippen MR) is 162 cm³/mol. The van der Waals surface area contributed by atoms with Crippen molar-refractivity contribution in [2.24, 2.45) is 0 Å². The Bertz CT molecular complexity index is 1460. The fourth-order valence-corrected chi connectivity index (χ4v) is 5.98. The number of rotatable bonds is 6. The number of carbonyl (C=O) groups is 2. The number of piperidine rings is 1. The zero-order valence-corrected chi connectivity index (χ0v) is 24.5. The second-order valence-electron chi connectivity index (χ2n) is 11.1. The minimum Gasteiger partial charge on any atom is -0.492 e. The molecule has 0 spiro atoms. The highest BCUT2D eigenvalue weighted by molar-refractivity contribution is 6.09. The molecule has 10 heteroatoms. The van der Waals surface area contributed by atoms with E-state index in [0.29, 0.717) is 58.2 Å². The Hall–Kier alpha value is -4.15. The first-order valence-corrected chi connectivity index (χ1v) is 14.7. The number of aromatic nitrogens is 1. The molecule has 4 heterocycles. The normalized spacial score (nSPS) is 18.1. The monoisotopic (exact) mass is 570 g/mol. The lowest BCUT2D eigenvalue weighted by Gasteiger charge is -2.42. The Labute approximate surface area is 246 Å². The summed E-state index contributed by atoms with van der Waals surface area (Å²) in [7, 11) is 3.89. The summed E-state index contributed by atoms with van der Waals surface area (Å²) in [6, 6.07) is 15.1. The van der Waals surface area contributed by atoms with Crippen LogP contribution in [0.3, 0.4) is 0 Å². The Balaban J connectivity index is 1.16. The summed E-state index contributed by atoms with van der Waals surface area (Å²) in [4.78, 5) is 39.4. The number of piperazine rings is 1. The first-order chi connectivity index (χ1) is 20.4. The standard InChI is InChI=1S/C32H38N6O4/c1-4-41-28-19-22(31(39)38-17-15-37(16-18-38)23-11-13-35(2)14-12-23)9-10-25(28)34-30-20-29-26(21-33-30)36(3)32(40)24-7-5-6-8-27(24)42-29/h5-10,19-21,23H,4,11-18H2,1-3H3,(H,33,34). The van der Waals surface area contributed by atoms with E-state index in [1.165, 1.54) is 17.7 Å². The van der Waals surface area contributed by atoms with Crippen LogP contribution in [0.15, 0.2) is 54.7 Å². The summed E-state index contributed by atoms with van der Waals surface area (Å²) in [5.41, 5.74) is 2.36. The highest BCUT2D eigenvalue weighted by atomic mass is 16.5. The lowest BCUT2D eigenvalue weighted by Crippen LogP contribution is -2.54. The van der Waals surface area contributed by atoms with Gasteiger partial charge in [0.25, 0.3) is 11.8 Å². The smallest absolute Gasteiger partial charge is 0.261 e. The van der Waals surface area contributed by atoms with Gasteiger partial charge in [0, 0.05) is 50.9 Å². The van der Waals surface area contributed by atoms with Gasteiger partial charge >= 0.3 is 0 Å². The summed E-state index contributed by atoms with van der Waals surface area (Å²) in [5, 5.41) is 3.31. The number of para-hydroxylation sites is 1. The molecular formula is C32H38N6O4. The first kappa shape index (κ1) is 28.0. The SMILES string of the molecule is CCOc1cc(C(=O)N2CCN(C3CCN(C)CC3)CC2)ccc1Nc1cc2c(cn1)N(C)C(=O)c1ccccc1O2. The summed E-state index contributed by atoms with van der Waals surface area (Å²) in [5.74, 6) is 1.97. The van der Waals surface area contributed by atoms with Crippen molar-refractivity contribution in [1.29, 1.82) is 0 Å². The van der Waals surface area contributed by atoms with E-state index in [1.807, 2.05) is 36.1 Å². The van der Waals surface area contributed by atoms with Gasteiger partial charge in [-0.3, -0.25) is 14.5 Å². The van der Waals surface area contributed by atoms with Crippen LogP contribution in [0.2, 0.25) is 0 Å². The average Bonchev–Trinajstić information content (AvgIpc) is 3.12. The Kier molecular flexibility index (Phi) is 7.99. The van der Waals surface area contributed by atoms with Gasteiger partial charge < -0.3 is 29.5 Å². The lowest BCUT2D eigenvalue weighted by molar-refractivity contribution is 0.0475. The molecule has 6 rings (SSSR count). The van der Waals surface area contributed by atoms with Gasteiger partial charge in [-0.05, 0) is 70.2 Å². The molecule has 42 heavy (non-hydrogen) atoms. The van der Waals surface area contributed by atoms with Crippen molar-refractivity contribution in [2.45, 2.75) is 25.8 Å². The van der Waals surface area contributed by atoms with Crippen LogP contribution >= 0.6 is 0 Å². The maximum absolute atomic E-state index is 13.5. The number of nitrogens with zero attached hydrogens (tertiary/aromatic N) is 5. The molecule has 3 aliphatic heterocycles. The number of likely N-dealkylation sites (tertiary alicyclic amines) is 1. The average molecular weight is 571 g/mol. The second-order valence-corrected chi connectivity index (χ2v) is 11.1. The Morgan fingerprint density at radius 1 is 1.00 bits per heavy atom. The van der Waals surface area contributed by atoms with E-state index < -0.39 is 0 Å². The van der Waals surface area contributed by atoms with Gasteiger partial charge in [0.2, 0.25) is 0 Å². The van der Waals surface area contributed by atoms with Gasteiger partial charge in [-0.25, -0.2) is 4.98 Å². The number of benzene rings is 2. The number of amides is 2. The topological polar surface area (TPSA) is 90.5 Å². The third kappa shape index (κ3) is 5.64. The van der Waals surface area contributed by atoms with Crippen LogP contribution < -0.4 is 19.7 Å². The minimum absolute atomic E-state index is 0.0217. The van der Waals surface area contributed by atoms with E-state index in [9.17, 15) is 9.59 Å². The van der Waals surface area contributed by atoms with Crippen molar-refractivity contribution < 1.29 is 19.1 Å². The fourth-order valence-electron chi connectivity index (χ4n) is 5.98.